The number of carbonyl (C=O) groups excluding carboxylic acids is 3. The molecule has 1 saturated carbocycles. The average Bonchev–Trinajstić information content (AvgIpc) is 3.46. The molecule has 1 saturated heterocycles. The molecular formula is C27H24ClN5O3. The summed E-state index contributed by atoms with van der Waals surface area (Å²) in [6.07, 6.45) is 6.11. The lowest BCUT2D eigenvalue weighted by atomic mass is 9.90. The predicted octanol–water partition coefficient (Wildman–Crippen LogP) is 3.75. The normalized spacial score (nSPS) is 21.8. The third kappa shape index (κ3) is 3.54. The van der Waals surface area contributed by atoms with Gasteiger partial charge in [-0.3, -0.25) is 24.0 Å². The van der Waals surface area contributed by atoms with Crippen LogP contribution in [-0.4, -0.2) is 50.8 Å². The van der Waals surface area contributed by atoms with Gasteiger partial charge in [0.1, 0.15) is 5.78 Å². The van der Waals surface area contributed by atoms with E-state index in [9.17, 15) is 19.6 Å². The number of aromatic nitrogens is 2. The number of rotatable bonds is 4. The first-order valence-electron chi connectivity index (χ1n) is 12.2. The molecule has 36 heavy (non-hydrogen) atoms. The van der Waals surface area contributed by atoms with Crippen molar-refractivity contribution in [3.63, 3.8) is 0 Å². The van der Waals surface area contributed by atoms with Gasteiger partial charge in [0, 0.05) is 55.9 Å². The fourth-order valence-electron chi connectivity index (χ4n) is 5.81. The van der Waals surface area contributed by atoms with Crippen LogP contribution in [0.4, 0.5) is 5.69 Å². The van der Waals surface area contributed by atoms with Gasteiger partial charge in [-0.25, -0.2) is 4.42 Å². The smallest absolute Gasteiger partial charge is 0.259 e. The summed E-state index contributed by atoms with van der Waals surface area (Å²) < 4.78 is 3.48. The Morgan fingerprint density at radius 1 is 1.14 bits per heavy atom. The highest BCUT2D eigenvalue weighted by Crippen LogP contribution is 2.42. The highest BCUT2D eigenvalue weighted by Gasteiger charge is 2.41. The van der Waals surface area contributed by atoms with E-state index >= 15 is 0 Å². The van der Waals surface area contributed by atoms with Gasteiger partial charge in [0.2, 0.25) is 0 Å². The number of halogens is 1. The third-order valence-corrected chi connectivity index (χ3v) is 8.12. The molecule has 1 aromatic heterocycles. The van der Waals surface area contributed by atoms with Crippen molar-refractivity contribution in [2.45, 2.75) is 50.1 Å². The number of ketones is 2. The summed E-state index contributed by atoms with van der Waals surface area (Å²) >= 11 is 6.10. The first-order chi connectivity index (χ1) is 17.4. The highest BCUT2D eigenvalue weighted by molar-refractivity contribution is 6.27. The maximum absolute atomic E-state index is 13.4. The van der Waals surface area contributed by atoms with E-state index in [4.69, 9.17) is 11.8 Å². The van der Waals surface area contributed by atoms with Gasteiger partial charge in [-0.05, 0) is 46.8 Å². The molecule has 0 N–H and O–H groups in total. The monoisotopic (exact) mass is 501 g/mol. The van der Waals surface area contributed by atoms with Crippen LogP contribution in [0.15, 0.2) is 42.7 Å². The van der Waals surface area contributed by atoms with Gasteiger partial charge in [-0.2, -0.15) is 10.4 Å². The molecular weight excluding hydrogens is 478 g/mol. The molecule has 8 nitrogen and oxygen atoms in total. The second kappa shape index (κ2) is 8.54. The lowest BCUT2D eigenvalue weighted by Crippen LogP contribution is -2.46. The number of benzene rings is 2. The van der Waals surface area contributed by atoms with E-state index in [1.54, 1.807) is 26.3 Å². The number of piperidine rings is 1. The number of nitrogens with zero attached hydrogens (tertiary/aromatic N) is 5. The van der Waals surface area contributed by atoms with Crippen molar-refractivity contribution in [1.82, 2.24) is 14.2 Å². The second-order valence-electron chi connectivity index (χ2n) is 9.91. The van der Waals surface area contributed by atoms with E-state index in [0.717, 1.165) is 27.6 Å². The minimum atomic E-state index is -0.702. The topological polar surface area (TPSA) is 99.3 Å². The van der Waals surface area contributed by atoms with Crippen molar-refractivity contribution < 1.29 is 14.4 Å². The third-order valence-electron chi connectivity index (χ3n) is 7.78. The number of hydrogen-bond donors (Lipinski definition) is 0. The molecule has 1 unspecified atom stereocenters. The Bertz CT molecular complexity index is 1460. The largest absolute Gasteiger partial charge is 0.299 e. The summed E-state index contributed by atoms with van der Waals surface area (Å²) in [4.78, 5) is 39.4. The van der Waals surface area contributed by atoms with Crippen LogP contribution in [0.5, 0.6) is 0 Å². The molecule has 182 valence electrons. The molecule has 6 rings (SSSR count). The summed E-state index contributed by atoms with van der Waals surface area (Å²) in [5.41, 5.74) is 2.62. The van der Waals surface area contributed by atoms with Crippen LogP contribution in [0.2, 0.25) is 0 Å². The zero-order valence-electron chi connectivity index (χ0n) is 19.6. The van der Waals surface area contributed by atoms with Crippen molar-refractivity contribution in [3.8, 4) is 6.07 Å². The Morgan fingerprint density at radius 3 is 2.69 bits per heavy atom. The molecule has 1 amide bonds. The lowest BCUT2D eigenvalue weighted by Gasteiger charge is -2.34. The Labute approximate surface area is 213 Å². The van der Waals surface area contributed by atoms with Crippen molar-refractivity contribution in [2.75, 3.05) is 18.0 Å². The summed E-state index contributed by atoms with van der Waals surface area (Å²) in [6.45, 7) is 1.25. The van der Waals surface area contributed by atoms with E-state index in [-0.39, 0.29) is 23.9 Å². The standard InChI is InChI=1S/C27H24ClN5O3/c28-31-10-8-27(16-29,9-11-31)32-15-17(14-30-32)12-18-4-6-23-25-20(18)2-1-3-21(25)26(36)33(23)22-7-5-19(34)13-24(22)35/h1-4,6,14-15,22H,5,7-13H2. The number of nitriles is 1. The van der Waals surface area contributed by atoms with Crippen LogP contribution in [0, 0.1) is 11.3 Å². The van der Waals surface area contributed by atoms with E-state index in [2.05, 4.69) is 11.2 Å². The van der Waals surface area contributed by atoms with Crippen LogP contribution >= 0.6 is 11.8 Å². The number of amides is 1. The summed E-state index contributed by atoms with van der Waals surface area (Å²) in [7, 11) is 0. The van der Waals surface area contributed by atoms with Crippen LogP contribution in [0.1, 0.15) is 53.6 Å². The fraction of sp³-hybridized carbons (Fsp3) is 0.370. The van der Waals surface area contributed by atoms with Gasteiger partial charge < -0.3 is 0 Å². The molecule has 2 fully saturated rings. The minimum absolute atomic E-state index is 0.0622. The van der Waals surface area contributed by atoms with E-state index < -0.39 is 11.6 Å². The van der Waals surface area contributed by atoms with Crippen LogP contribution in [-0.2, 0) is 21.5 Å². The van der Waals surface area contributed by atoms with Gasteiger partial charge in [0.15, 0.2) is 11.3 Å². The van der Waals surface area contributed by atoms with Gasteiger partial charge in [-0.15, -0.1) is 0 Å². The number of carbonyl (C=O) groups is 3. The highest BCUT2D eigenvalue weighted by atomic mass is 35.5. The Hall–Kier alpha value is -3.54. The predicted molar refractivity (Wildman–Crippen MR) is 134 cm³/mol. The summed E-state index contributed by atoms with van der Waals surface area (Å²) in [5.74, 6) is -0.439. The Morgan fingerprint density at radius 2 is 1.94 bits per heavy atom. The molecule has 1 atom stereocenters. The molecule has 9 heteroatoms. The first kappa shape index (κ1) is 22.9. The lowest BCUT2D eigenvalue weighted by molar-refractivity contribution is -0.130. The molecule has 0 bridgehead atoms. The zero-order valence-corrected chi connectivity index (χ0v) is 20.4. The van der Waals surface area contributed by atoms with Crippen molar-refractivity contribution in [2.24, 2.45) is 0 Å². The minimum Gasteiger partial charge on any atom is -0.299 e. The van der Waals surface area contributed by atoms with Gasteiger partial charge in [0.05, 0.1) is 30.4 Å². The molecule has 0 radical (unpaired) electrons. The molecule has 2 aliphatic heterocycles. The maximum atomic E-state index is 13.4. The molecule has 1 aliphatic carbocycles. The van der Waals surface area contributed by atoms with E-state index in [0.29, 0.717) is 50.8 Å². The quantitative estimate of drug-likeness (QED) is 0.399. The molecule has 3 aromatic rings. The van der Waals surface area contributed by atoms with Crippen molar-refractivity contribution >= 4 is 45.7 Å². The average molecular weight is 502 g/mol. The molecule has 0 spiro atoms. The van der Waals surface area contributed by atoms with Gasteiger partial charge in [-0.1, -0.05) is 18.2 Å². The summed E-state index contributed by atoms with van der Waals surface area (Å²) in [6, 6.07) is 11.4. The van der Waals surface area contributed by atoms with E-state index in [1.807, 2.05) is 30.5 Å². The molecule has 3 aliphatic rings. The Kier molecular flexibility index (Phi) is 5.43. The van der Waals surface area contributed by atoms with Gasteiger partial charge >= 0.3 is 0 Å². The van der Waals surface area contributed by atoms with Crippen molar-refractivity contribution in [3.05, 3.63) is 59.4 Å². The van der Waals surface area contributed by atoms with Crippen LogP contribution < -0.4 is 4.90 Å². The Balaban J connectivity index is 1.33. The van der Waals surface area contributed by atoms with Gasteiger partial charge in [0.25, 0.3) is 5.91 Å². The number of anilines is 1. The molecule has 3 heterocycles. The zero-order chi connectivity index (χ0) is 25.0. The maximum Gasteiger partial charge on any atom is 0.259 e. The first-order valence-corrected chi connectivity index (χ1v) is 12.5. The number of hydrogen-bond acceptors (Lipinski definition) is 6. The van der Waals surface area contributed by atoms with Crippen LogP contribution in [0.25, 0.3) is 10.8 Å². The SMILES string of the molecule is N#CC1(n2cc(Cc3ccc4c5c(cccc35)C(=O)N4C3CCC(=O)CC3=O)cn2)CCN(Cl)CC1. The fourth-order valence-corrected chi connectivity index (χ4v) is 5.98. The van der Waals surface area contributed by atoms with E-state index in [1.165, 1.54) is 0 Å². The molecule has 2 aromatic carbocycles. The number of Topliss-reactive ketones (excluding diaryl/α,β-unsaturated/α-hetero) is 2. The van der Waals surface area contributed by atoms with Crippen LogP contribution in [0.3, 0.4) is 0 Å². The summed E-state index contributed by atoms with van der Waals surface area (Å²) in [5, 5.41) is 16.3. The second-order valence-corrected chi connectivity index (χ2v) is 10.4. The van der Waals surface area contributed by atoms with Crippen molar-refractivity contribution in [1.29, 1.82) is 5.26 Å².